The number of anilines is 1. The van der Waals surface area contributed by atoms with Crippen LogP contribution in [0, 0.1) is 0 Å². The highest BCUT2D eigenvalue weighted by Crippen LogP contribution is 2.34. The van der Waals surface area contributed by atoms with Crippen molar-refractivity contribution >= 4 is 40.5 Å². The Morgan fingerprint density at radius 3 is 2.40 bits per heavy atom. The summed E-state index contributed by atoms with van der Waals surface area (Å²) in [5.41, 5.74) is 1.84. The normalized spacial score (nSPS) is 12.1. The van der Waals surface area contributed by atoms with E-state index in [1.807, 2.05) is 31.2 Å². The molecule has 0 saturated carbocycles. The third kappa shape index (κ3) is 3.51. The second kappa shape index (κ2) is 6.57. The highest BCUT2D eigenvalue weighted by molar-refractivity contribution is 6.44. The van der Waals surface area contributed by atoms with Gasteiger partial charge in [0.25, 0.3) is 0 Å². The topological polar surface area (TPSA) is 21.3 Å². The maximum atomic E-state index is 6.16. The maximum absolute atomic E-state index is 6.16. The molecule has 20 heavy (non-hydrogen) atoms. The van der Waals surface area contributed by atoms with E-state index in [9.17, 15) is 0 Å². The molecule has 106 valence electrons. The van der Waals surface area contributed by atoms with Crippen LogP contribution in [0.15, 0.2) is 36.4 Å². The molecule has 0 saturated heterocycles. The number of hydrogen-bond acceptors (Lipinski definition) is 2. The lowest BCUT2D eigenvalue weighted by molar-refractivity contribution is 0.414. The summed E-state index contributed by atoms with van der Waals surface area (Å²) >= 11 is 18.1. The lowest BCUT2D eigenvalue weighted by Gasteiger charge is -2.18. The molecule has 0 heterocycles. The van der Waals surface area contributed by atoms with E-state index in [0.29, 0.717) is 15.1 Å². The summed E-state index contributed by atoms with van der Waals surface area (Å²) < 4.78 is 5.22. The molecule has 0 aromatic heterocycles. The summed E-state index contributed by atoms with van der Waals surface area (Å²) in [4.78, 5) is 0. The predicted molar refractivity (Wildman–Crippen MR) is 86.5 cm³/mol. The Labute approximate surface area is 133 Å². The Kier molecular flexibility index (Phi) is 5.03. The number of ether oxygens (including phenoxy) is 1. The molecular weight excluding hydrogens is 317 g/mol. The molecule has 0 aliphatic heterocycles. The lowest BCUT2D eigenvalue weighted by Crippen LogP contribution is -2.07. The Hall–Kier alpha value is -1.09. The SMILES string of the molecule is COc1cccc(C(C)Nc2cc(Cl)c(Cl)cc2Cl)c1. The predicted octanol–water partition coefficient (Wildman–Crippen LogP) is 5.83. The summed E-state index contributed by atoms with van der Waals surface area (Å²) in [6.45, 7) is 2.04. The monoisotopic (exact) mass is 329 g/mol. The van der Waals surface area contributed by atoms with Crippen LogP contribution >= 0.6 is 34.8 Å². The number of methoxy groups -OCH3 is 1. The summed E-state index contributed by atoms with van der Waals surface area (Å²) in [6.07, 6.45) is 0. The first-order valence-corrected chi connectivity index (χ1v) is 7.19. The van der Waals surface area contributed by atoms with Gasteiger partial charge in [-0.25, -0.2) is 0 Å². The van der Waals surface area contributed by atoms with Crippen molar-refractivity contribution in [2.24, 2.45) is 0 Å². The average molecular weight is 331 g/mol. The smallest absolute Gasteiger partial charge is 0.119 e. The second-order valence-corrected chi connectivity index (χ2v) is 5.61. The van der Waals surface area contributed by atoms with Gasteiger partial charge in [-0.05, 0) is 36.8 Å². The lowest BCUT2D eigenvalue weighted by atomic mass is 10.1. The van der Waals surface area contributed by atoms with Gasteiger partial charge in [-0.15, -0.1) is 0 Å². The Morgan fingerprint density at radius 2 is 1.70 bits per heavy atom. The molecule has 1 N–H and O–H groups in total. The third-order valence-electron chi connectivity index (χ3n) is 2.98. The molecule has 1 atom stereocenters. The summed E-state index contributed by atoms with van der Waals surface area (Å²) in [7, 11) is 1.65. The van der Waals surface area contributed by atoms with E-state index in [2.05, 4.69) is 5.32 Å². The summed E-state index contributed by atoms with van der Waals surface area (Å²) in [5.74, 6) is 0.816. The molecule has 5 heteroatoms. The molecule has 0 aliphatic carbocycles. The molecular formula is C15H14Cl3NO. The Bertz CT molecular complexity index is 616. The van der Waals surface area contributed by atoms with Gasteiger partial charge in [-0.3, -0.25) is 0 Å². The molecule has 0 amide bonds. The van der Waals surface area contributed by atoms with Crippen molar-refractivity contribution in [1.82, 2.24) is 0 Å². The van der Waals surface area contributed by atoms with Crippen LogP contribution in [0.3, 0.4) is 0 Å². The minimum absolute atomic E-state index is 0.0554. The first-order chi connectivity index (χ1) is 9.51. The number of hydrogen-bond donors (Lipinski definition) is 1. The van der Waals surface area contributed by atoms with Gasteiger partial charge in [0, 0.05) is 6.04 Å². The number of halogens is 3. The zero-order valence-electron chi connectivity index (χ0n) is 11.1. The molecule has 2 rings (SSSR count). The number of rotatable bonds is 4. The molecule has 1 unspecified atom stereocenters. The third-order valence-corrected chi connectivity index (χ3v) is 4.01. The summed E-state index contributed by atoms with van der Waals surface area (Å²) in [5, 5.41) is 4.76. The quantitative estimate of drug-likeness (QED) is 0.712. The first-order valence-electron chi connectivity index (χ1n) is 6.06. The average Bonchev–Trinajstić information content (AvgIpc) is 2.44. The zero-order valence-corrected chi connectivity index (χ0v) is 13.4. The van der Waals surface area contributed by atoms with Gasteiger partial charge in [0.1, 0.15) is 5.75 Å². The second-order valence-electron chi connectivity index (χ2n) is 4.39. The minimum atomic E-state index is 0.0554. The van der Waals surface area contributed by atoms with Crippen LogP contribution in [0.4, 0.5) is 5.69 Å². The molecule has 2 aromatic carbocycles. The van der Waals surface area contributed by atoms with E-state index in [-0.39, 0.29) is 6.04 Å². The Morgan fingerprint density at radius 1 is 1.00 bits per heavy atom. The van der Waals surface area contributed by atoms with Crippen molar-refractivity contribution in [3.8, 4) is 5.75 Å². The number of benzene rings is 2. The molecule has 0 spiro atoms. The van der Waals surface area contributed by atoms with E-state index in [1.54, 1.807) is 19.2 Å². The van der Waals surface area contributed by atoms with Crippen molar-refractivity contribution in [2.45, 2.75) is 13.0 Å². The summed E-state index contributed by atoms with van der Waals surface area (Å²) in [6, 6.07) is 11.3. The van der Waals surface area contributed by atoms with Gasteiger partial charge in [0.15, 0.2) is 0 Å². The minimum Gasteiger partial charge on any atom is -0.497 e. The fraction of sp³-hybridized carbons (Fsp3) is 0.200. The Balaban J connectivity index is 2.23. The zero-order chi connectivity index (χ0) is 14.7. The molecule has 2 aromatic rings. The molecule has 0 aliphatic rings. The van der Waals surface area contributed by atoms with Crippen LogP contribution in [0.2, 0.25) is 15.1 Å². The van der Waals surface area contributed by atoms with Crippen LogP contribution in [0.1, 0.15) is 18.5 Å². The van der Waals surface area contributed by atoms with E-state index in [0.717, 1.165) is 17.0 Å². The molecule has 0 fully saturated rings. The van der Waals surface area contributed by atoms with Gasteiger partial charge in [-0.1, -0.05) is 46.9 Å². The maximum Gasteiger partial charge on any atom is 0.119 e. The van der Waals surface area contributed by atoms with Gasteiger partial charge >= 0.3 is 0 Å². The fourth-order valence-corrected chi connectivity index (χ4v) is 2.46. The number of nitrogens with one attached hydrogen (secondary N) is 1. The fourth-order valence-electron chi connectivity index (χ4n) is 1.86. The highest BCUT2D eigenvalue weighted by Gasteiger charge is 2.11. The highest BCUT2D eigenvalue weighted by atomic mass is 35.5. The van der Waals surface area contributed by atoms with Crippen LogP contribution in [-0.4, -0.2) is 7.11 Å². The largest absolute Gasteiger partial charge is 0.497 e. The standard InChI is InChI=1S/C15H14Cl3NO/c1-9(10-4-3-5-11(6-10)20-2)19-15-8-13(17)12(16)7-14(15)18/h3-9,19H,1-2H3. The molecule has 2 nitrogen and oxygen atoms in total. The van der Waals surface area contributed by atoms with Crippen molar-refractivity contribution < 1.29 is 4.74 Å². The van der Waals surface area contributed by atoms with Gasteiger partial charge in [0.05, 0.1) is 27.9 Å². The van der Waals surface area contributed by atoms with E-state index >= 15 is 0 Å². The van der Waals surface area contributed by atoms with Crippen molar-refractivity contribution in [1.29, 1.82) is 0 Å². The van der Waals surface area contributed by atoms with Crippen molar-refractivity contribution in [3.63, 3.8) is 0 Å². The van der Waals surface area contributed by atoms with Crippen molar-refractivity contribution in [2.75, 3.05) is 12.4 Å². The molecule has 0 bridgehead atoms. The van der Waals surface area contributed by atoms with Crippen LogP contribution in [0.5, 0.6) is 5.75 Å². The van der Waals surface area contributed by atoms with E-state index in [1.165, 1.54) is 0 Å². The van der Waals surface area contributed by atoms with Gasteiger partial charge in [0.2, 0.25) is 0 Å². The van der Waals surface area contributed by atoms with Crippen LogP contribution in [0.25, 0.3) is 0 Å². The van der Waals surface area contributed by atoms with Crippen LogP contribution in [-0.2, 0) is 0 Å². The first kappa shape index (κ1) is 15.3. The van der Waals surface area contributed by atoms with Gasteiger partial charge in [-0.2, -0.15) is 0 Å². The van der Waals surface area contributed by atoms with E-state index < -0.39 is 0 Å². The van der Waals surface area contributed by atoms with Crippen LogP contribution < -0.4 is 10.1 Å². The van der Waals surface area contributed by atoms with Crippen molar-refractivity contribution in [3.05, 3.63) is 57.0 Å². The van der Waals surface area contributed by atoms with Gasteiger partial charge < -0.3 is 10.1 Å². The molecule has 0 radical (unpaired) electrons. The van der Waals surface area contributed by atoms with E-state index in [4.69, 9.17) is 39.5 Å².